The van der Waals surface area contributed by atoms with Gasteiger partial charge in [0, 0.05) is 6.54 Å². The van der Waals surface area contributed by atoms with Crippen molar-refractivity contribution in [3.63, 3.8) is 0 Å². The summed E-state index contributed by atoms with van der Waals surface area (Å²) in [5, 5.41) is 0. The van der Waals surface area contributed by atoms with Gasteiger partial charge in [-0.15, -0.1) is 0 Å². The van der Waals surface area contributed by atoms with Crippen molar-refractivity contribution < 1.29 is 8.42 Å². The van der Waals surface area contributed by atoms with Crippen LogP contribution in [0.2, 0.25) is 0 Å². The van der Waals surface area contributed by atoms with Crippen molar-refractivity contribution in [2.75, 3.05) is 19.6 Å². The quantitative estimate of drug-likeness (QED) is 0.821. The molecule has 0 saturated carbocycles. The third kappa shape index (κ3) is 1.99. The van der Waals surface area contributed by atoms with Gasteiger partial charge in [-0.3, -0.25) is 4.90 Å². The van der Waals surface area contributed by atoms with Crippen molar-refractivity contribution >= 4 is 15.9 Å². The topological polar surface area (TPSA) is 37.4 Å². The van der Waals surface area contributed by atoms with E-state index >= 15 is 0 Å². The van der Waals surface area contributed by atoms with Gasteiger partial charge in [-0.2, -0.15) is 0 Å². The molecule has 1 aromatic rings. The fraction of sp³-hybridized carbons (Fsp3) is 0.429. The molecule has 18 heavy (non-hydrogen) atoms. The van der Waals surface area contributed by atoms with Gasteiger partial charge in [0.05, 0.1) is 9.80 Å². The Bertz CT molecular complexity index is 584. The van der Waals surface area contributed by atoms with Gasteiger partial charge in [-0.1, -0.05) is 24.6 Å². The van der Waals surface area contributed by atoms with Crippen LogP contribution in [0, 0.1) is 0 Å². The summed E-state index contributed by atoms with van der Waals surface area (Å²) in [7, 11) is -3.23. The van der Waals surface area contributed by atoms with Crippen LogP contribution in [0.5, 0.6) is 0 Å². The number of likely N-dealkylation sites (tertiary alicyclic amines) is 1. The lowest BCUT2D eigenvalue weighted by Gasteiger charge is -2.26. The van der Waals surface area contributed by atoms with Gasteiger partial charge in [0.15, 0.2) is 0 Å². The minimum atomic E-state index is -3.23. The molecule has 1 fully saturated rings. The van der Waals surface area contributed by atoms with Crippen LogP contribution in [0.1, 0.15) is 24.8 Å². The zero-order chi connectivity index (χ0) is 12.6. The van der Waals surface area contributed by atoms with E-state index < -0.39 is 9.84 Å². The van der Waals surface area contributed by atoms with Crippen LogP contribution in [0.15, 0.2) is 34.1 Å². The predicted molar refractivity (Wildman–Crippen MR) is 71.9 cm³/mol. The van der Waals surface area contributed by atoms with Crippen LogP contribution >= 0.6 is 0 Å². The molecule has 1 aromatic carbocycles. The lowest BCUT2D eigenvalue weighted by atomic mass is 10.1. The summed E-state index contributed by atoms with van der Waals surface area (Å²) in [6.45, 7) is 2.60. The van der Waals surface area contributed by atoms with Gasteiger partial charge < -0.3 is 0 Å². The van der Waals surface area contributed by atoms with E-state index in [0.717, 1.165) is 18.7 Å². The SMILES string of the molecule is O=S1(=O)C(CN2CCCCC2)=Cc2ccccc21. The Hall–Kier alpha value is -1.13. The van der Waals surface area contributed by atoms with Crippen molar-refractivity contribution in [3.8, 4) is 0 Å². The zero-order valence-electron chi connectivity index (χ0n) is 10.3. The van der Waals surface area contributed by atoms with Crippen molar-refractivity contribution in [3.05, 3.63) is 34.7 Å². The standard InChI is InChI=1S/C14H17NO2S/c16-18(17)13(11-15-8-4-1-5-9-15)10-12-6-2-3-7-14(12)18/h2-3,6-7,10H,1,4-5,8-9,11H2. The van der Waals surface area contributed by atoms with Crippen molar-refractivity contribution in [1.29, 1.82) is 0 Å². The van der Waals surface area contributed by atoms with Crippen LogP contribution in [0.3, 0.4) is 0 Å². The van der Waals surface area contributed by atoms with Crippen LogP contribution in [0.25, 0.3) is 6.08 Å². The highest BCUT2D eigenvalue weighted by Crippen LogP contribution is 2.33. The maximum Gasteiger partial charge on any atom is 0.204 e. The first-order valence-electron chi connectivity index (χ1n) is 6.45. The number of piperidine rings is 1. The number of hydrogen-bond donors (Lipinski definition) is 0. The first-order chi connectivity index (χ1) is 8.68. The van der Waals surface area contributed by atoms with E-state index in [2.05, 4.69) is 4.90 Å². The Morgan fingerprint density at radius 3 is 2.50 bits per heavy atom. The number of hydrogen-bond acceptors (Lipinski definition) is 3. The fourth-order valence-corrected chi connectivity index (χ4v) is 4.32. The maximum atomic E-state index is 12.4. The Kier molecular flexibility index (Phi) is 2.99. The van der Waals surface area contributed by atoms with Crippen LogP contribution < -0.4 is 0 Å². The molecular formula is C14H17NO2S. The van der Waals surface area contributed by atoms with Crippen LogP contribution in [-0.4, -0.2) is 33.0 Å². The fourth-order valence-electron chi connectivity index (χ4n) is 2.71. The number of rotatable bonds is 2. The van der Waals surface area contributed by atoms with E-state index in [1.807, 2.05) is 18.2 Å². The second-order valence-electron chi connectivity index (χ2n) is 4.99. The normalized spacial score (nSPS) is 22.6. The van der Waals surface area contributed by atoms with Gasteiger partial charge in [0.2, 0.25) is 9.84 Å². The molecule has 4 heteroatoms. The van der Waals surface area contributed by atoms with Gasteiger partial charge in [-0.25, -0.2) is 8.42 Å². The Balaban J connectivity index is 1.86. The van der Waals surface area contributed by atoms with Gasteiger partial charge in [-0.05, 0) is 43.6 Å². The molecule has 0 N–H and O–H groups in total. The largest absolute Gasteiger partial charge is 0.298 e. The van der Waals surface area contributed by atoms with Crippen LogP contribution in [0.4, 0.5) is 0 Å². The molecule has 2 aliphatic rings. The molecule has 1 saturated heterocycles. The predicted octanol–water partition coefficient (Wildman–Crippen LogP) is 2.30. The number of sulfone groups is 1. The van der Waals surface area contributed by atoms with E-state index in [4.69, 9.17) is 0 Å². The second-order valence-corrected chi connectivity index (χ2v) is 6.96. The third-order valence-corrected chi connectivity index (χ3v) is 5.59. The van der Waals surface area contributed by atoms with Crippen molar-refractivity contribution in [1.82, 2.24) is 4.90 Å². The molecule has 0 bridgehead atoms. The maximum absolute atomic E-state index is 12.4. The smallest absolute Gasteiger partial charge is 0.204 e. The van der Waals surface area contributed by atoms with Crippen molar-refractivity contribution in [2.45, 2.75) is 24.2 Å². The summed E-state index contributed by atoms with van der Waals surface area (Å²) in [5.74, 6) is 0. The van der Waals surface area contributed by atoms with Gasteiger partial charge in [0.25, 0.3) is 0 Å². The first kappa shape index (κ1) is 11.9. The lowest BCUT2D eigenvalue weighted by molar-refractivity contribution is 0.250. The molecule has 2 aliphatic heterocycles. The Morgan fingerprint density at radius 1 is 1.06 bits per heavy atom. The van der Waals surface area contributed by atoms with E-state index in [1.54, 1.807) is 12.1 Å². The minimum absolute atomic E-state index is 0.469. The summed E-state index contributed by atoms with van der Waals surface area (Å²) in [6, 6.07) is 7.24. The second kappa shape index (κ2) is 4.52. The van der Waals surface area contributed by atoms with Gasteiger partial charge >= 0.3 is 0 Å². The average molecular weight is 263 g/mol. The highest BCUT2D eigenvalue weighted by atomic mass is 32.2. The first-order valence-corrected chi connectivity index (χ1v) is 7.93. The summed E-state index contributed by atoms with van der Waals surface area (Å²) in [6.07, 6.45) is 5.46. The van der Waals surface area contributed by atoms with Gasteiger partial charge in [0.1, 0.15) is 0 Å². The molecule has 0 aliphatic carbocycles. The number of nitrogens with zero attached hydrogens (tertiary/aromatic N) is 1. The van der Waals surface area contributed by atoms with E-state index in [9.17, 15) is 8.42 Å². The highest BCUT2D eigenvalue weighted by molar-refractivity contribution is 7.95. The summed E-state index contributed by atoms with van der Waals surface area (Å²) in [4.78, 5) is 3.28. The average Bonchev–Trinajstić information content (AvgIpc) is 2.63. The Morgan fingerprint density at radius 2 is 1.78 bits per heavy atom. The number of fused-ring (bicyclic) bond motifs is 1. The van der Waals surface area contributed by atoms with E-state index in [1.165, 1.54) is 19.3 Å². The molecule has 2 heterocycles. The minimum Gasteiger partial charge on any atom is -0.298 e. The third-order valence-electron chi connectivity index (χ3n) is 3.70. The summed E-state index contributed by atoms with van der Waals surface area (Å²) < 4.78 is 24.7. The molecular weight excluding hydrogens is 246 g/mol. The molecule has 3 rings (SSSR count). The van der Waals surface area contributed by atoms with Crippen molar-refractivity contribution in [2.24, 2.45) is 0 Å². The molecule has 0 unspecified atom stereocenters. The molecule has 0 aromatic heterocycles. The molecule has 96 valence electrons. The van der Waals surface area contributed by atoms with Crippen LogP contribution in [-0.2, 0) is 9.84 Å². The number of benzene rings is 1. The highest BCUT2D eigenvalue weighted by Gasteiger charge is 2.30. The van der Waals surface area contributed by atoms with E-state index in [-0.39, 0.29) is 0 Å². The molecule has 0 amide bonds. The van der Waals surface area contributed by atoms with E-state index in [0.29, 0.717) is 16.3 Å². The monoisotopic (exact) mass is 263 g/mol. The Labute approximate surface area is 108 Å². The molecule has 3 nitrogen and oxygen atoms in total. The molecule has 0 radical (unpaired) electrons. The molecule has 0 atom stereocenters. The summed E-state index contributed by atoms with van der Waals surface area (Å²) >= 11 is 0. The molecule has 0 spiro atoms. The summed E-state index contributed by atoms with van der Waals surface area (Å²) in [5.41, 5.74) is 0.838. The lowest BCUT2D eigenvalue weighted by Crippen LogP contribution is -2.32. The zero-order valence-corrected chi connectivity index (χ0v) is 11.1.